The number of halogens is 7. The lowest BCUT2D eigenvalue weighted by Gasteiger charge is -2.21. The van der Waals surface area contributed by atoms with E-state index in [9.17, 15) is 40.3 Å². The number of carboxylic acid groups (broad SMARTS) is 2. The average Bonchev–Trinajstić information content (AvgIpc) is 1.93. The van der Waals surface area contributed by atoms with Crippen molar-refractivity contribution in [1.82, 2.24) is 0 Å². The summed E-state index contributed by atoms with van der Waals surface area (Å²) >= 11 is 0. The van der Waals surface area contributed by atoms with Gasteiger partial charge in [-0.15, -0.1) is 0 Å². The molecule has 0 amide bonds. The Labute approximate surface area is 93.3 Å². The van der Waals surface area contributed by atoms with E-state index in [0.29, 0.717) is 0 Å². The highest BCUT2D eigenvalue weighted by Crippen LogP contribution is 2.45. The molecular formula is C7H3F7O4. The summed E-state index contributed by atoms with van der Waals surface area (Å²) in [7, 11) is 0. The summed E-state index contributed by atoms with van der Waals surface area (Å²) in [5, 5.41) is 16.2. The van der Waals surface area contributed by atoms with Crippen LogP contribution in [0.15, 0.2) is 11.4 Å². The van der Waals surface area contributed by atoms with E-state index < -0.39 is 41.6 Å². The quantitative estimate of drug-likeness (QED) is 0.360. The van der Waals surface area contributed by atoms with Crippen LogP contribution in [0, 0.1) is 5.92 Å². The number of aliphatic carboxylic acids is 2. The van der Waals surface area contributed by atoms with Gasteiger partial charge in [-0.25, -0.2) is 14.0 Å². The number of hydrogen-bond acceptors (Lipinski definition) is 2. The van der Waals surface area contributed by atoms with E-state index in [1.54, 1.807) is 0 Å². The van der Waals surface area contributed by atoms with Gasteiger partial charge in [0.05, 0.1) is 0 Å². The number of carbonyl (C=O) groups is 2. The maximum atomic E-state index is 12.9. The molecule has 0 spiro atoms. The van der Waals surface area contributed by atoms with Crippen LogP contribution in [0.3, 0.4) is 0 Å². The number of allylic oxidation sites excluding steroid dienone is 1. The second kappa shape index (κ2) is 4.82. The zero-order valence-corrected chi connectivity index (χ0v) is 7.93. The van der Waals surface area contributed by atoms with E-state index in [4.69, 9.17) is 10.2 Å². The second-order valence-electron chi connectivity index (χ2n) is 2.85. The molecule has 11 heteroatoms. The topological polar surface area (TPSA) is 74.6 Å². The molecule has 0 aromatic heterocycles. The minimum Gasteiger partial charge on any atom is -0.477 e. The first-order valence-corrected chi connectivity index (χ1v) is 3.79. The lowest BCUT2D eigenvalue weighted by atomic mass is 10.0. The standard InChI is InChI=1S/C7H3F7O4/c8-2(1(4(15)16)5(17)18)3(6(9,10)11)7(12,13)14/h3H,(H,15,16)(H,17,18). The maximum absolute atomic E-state index is 12.9. The first-order valence-electron chi connectivity index (χ1n) is 3.79. The van der Waals surface area contributed by atoms with Gasteiger partial charge in [-0.3, -0.25) is 0 Å². The molecule has 18 heavy (non-hydrogen) atoms. The summed E-state index contributed by atoms with van der Waals surface area (Å²) in [6.45, 7) is 0. The SMILES string of the molecule is O=C(O)C(C(=O)O)=C(F)C(C(F)(F)F)C(F)(F)F. The van der Waals surface area contributed by atoms with E-state index in [1.165, 1.54) is 0 Å². The first-order chi connectivity index (χ1) is 7.80. The highest BCUT2D eigenvalue weighted by Gasteiger charge is 2.60. The second-order valence-corrected chi connectivity index (χ2v) is 2.85. The van der Waals surface area contributed by atoms with Gasteiger partial charge in [0.1, 0.15) is 5.83 Å². The lowest BCUT2D eigenvalue weighted by molar-refractivity contribution is -0.275. The molecule has 0 atom stereocenters. The molecule has 0 unspecified atom stereocenters. The third-order valence-electron chi connectivity index (χ3n) is 1.57. The zero-order valence-electron chi connectivity index (χ0n) is 7.93. The zero-order chi connectivity index (χ0) is 14.9. The molecule has 0 radical (unpaired) electrons. The number of carboxylic acids is 2. The van der Waals surface area contributed by atoms with Crippen LogP contribution in [0.1, 0.15) is 0 Å². The molecule has 0 aliphatic heterocycles. The monoisotopic (exact) mass is 284 g/mol. The van der Waals surface area contributed by atoms with Crippen LogP contribution in [-0.4, -0.2) is 34.5 Å². The number of hydrogen-bond donors (Lipinski definition) is 2. The van der Waals surface area contributed by atoms with Crippen molar-refractivity contribution in [2.45, 2.75) is 12.4 Å². The Kier molecular flexibility index (Phi) is 4.34. The molecule has 0 aliphatic rings. The lowest BCUT2D eigenvalue weighted by Crippen LogP contribution is -2.38. The predicted octanol–water partition coefficient (Wildman–Crippen LogP) is 2.12. The Bertz CT molecular complexity index is 362. The normalized spacial score (nSPS) is 12.4. The van der Waals surface area contributed by atoms with Crippen molar-refractivity contribution in [1.29, 1.82) is 0 Å². The van der Waals surface area contributed by atoms with Gasteiger partial charge in [0.15, 0.2) is 5.57 Å². The van der Waals surface area contributed by atoms with Crippen LogP contribution in [0.2, 0.25) is 0 Å². The van der Waals surface area contributed by atoms with Gasteiger partial charge in [0.2, 0.25) is 5.92 Å². The van der Waals surface area contributed by atoms with Crippen molar-refractivity contribution >= 4 is 11.9 Å². The minimum atomic E-state index is -6.21. The Morgan fingerprint density at radius 3 is 1.28 bits per heavy atom. The predicted molar refractivity (Wildman–Crippen MR) is 39.0 cm³/mol. The fraction of sp³-hybridized carbons (Fsp3) is 0.429. The molecule has 0 saturated heterocycles. The minimum absolute atomic E-state index is 2.62. The number of alkyl halides is 6. The molecule has 2 N–H and O–H groups in total. The molecular weight excluding hydrogens is 281 g/mol. The fourth-order valence-electron chi connectivity index (χ4n) is 0.913. The smallest absolute Gasteiger partial charge is 0.406 e. The van der Waals surface area contributed by atoms with Gasteiger partial charge in [0, 0.05) is 0 Å². The molecule has 0 heterocycles. The summed E-state index contributed by atoms with van der Waals surface area (Å²) in [4.78, 5) is 20.3. The van der Waals surface area contributed by atoms with Crippen molar-refractivity contribution < 1.29 is 50.5 Å². The number of rotatable bonds is 3. The van der Waals surface area contributed by atoms with E-state index >= 15 is 0 Å². The molecule has 4 nitrogen and oxygen atoms in total. The van der Waals surface area contributed by atoms with E-state index in [0.717, 1.165) is 0 Å². The van der Waals surface area contributed by atoms with Crippen LogP contribution in [0.4, 0.5) is 30.7 Å². The molecule has 0 rings (SSSR count). The molecule has 0 aromatic carbocycles. The highest BCUT2D eigenvalue weighted by atomic mass is 19.4. The molecule has 0 fully saturated rings. The Balaban J connectivity index is 6.01. The van der Waals surface area contributed by atoms with Crippen molar-refractivity contribution in [3.05, 3.63) is 11.4 Å². The van der Waals surface area contributed by atoms with Gasteiger partial charge in [-0.1, -0.05) is 0 Å². The fourth-order valence-corrected chi connectivity index (χ4v) is 0.913. The molecule has 104 valence electrons. The maximum Gasteiger partial charge on any atom is 0.406 e. The molecule has 0 saturated carbocycles. The third kappa shape index (κ3) is 3.60. The summed E-state index contributed by atoms with van der Waals surface area (Å²) in [6, 6.07) is 0. The van der Waals surface area contributed by atoms with Crippen molar-refractivity contribution in [2.75, 3.05) is 0 Å². The molecule has 0 bridgehead atoms. The van der Waals surface area contributed by atoms with E-state index in [1.807, 2.05) is 0 Å². The van der Waals surface area contributed by atoms with Crippen molar-refractivity contribution in [3.8, 4) is 0 Å². The van der Waals surface area contributed by atoms with Gasteiger partial charge in [-0.2, -0.15) is 26.3 Å². The summed E-state index contributed by atoms with van der Waals surface area (Å²) in [5.41, 5.74) is -2.62. The molecule has 0 aromatic rings. The van der Waals surface area contributed by atoms with Crippen LogP contribution in [0.25, 0.3) is 0 Å². The largest absolute Gasteiger partial charge is 0.477 e. The van der Waals surface area contributed by atoms with Crippen LogP contribution < -0.4 is 0 Å². The van der Waals surface area contributed by atoms with Crippen LogP contribution >= 0.6 is 0 Å². The van der Waals surface area contributed by atoms with Crippen molar-refractivity contribution in [2.24, 2.45) is 5.92 Å². The Morgan fingerprint density at radius 1 is 0.833 bits per heavy atom. The highest BCUT2D eigenvalue weighted by molar-refractivity contribution is 6.12. The van der Waals surface area contributed by atoms with Crippen molar-refractivity contribution in [3.63, 3.8) is 0 Å². The van der Waals surface area contributed by atoms with Gasteiger partial charge in [-0.05, 0) is 0 Å². The van der Waals surface area contributed by atoms with E-state index in [-0.39, 0.29) is 0 Å². The summed E-state index contributed by atoms with van der Waals surface area (Å²) < 4.78 is 84.7. The Morgan fingerprint density at radius 2 is 1.11 bits per heavy atom. The third-order valence-corrected chi connectivity index (χ3v) is 1.57. The molecule has 0 aliphatic carbocycles. The average molecular weight is 284 g/mol. The van der Waals surface area contributed by atoms with Gasteiger partial charge >= 0.3 is 24.3 Å². The summed E-state index contributed by atoms with van der Waals surface area (Å²) in [6.07, 6.45) is -12.4. The van der Waals surface area contributed by atoms with E-state index in [2.05, 4.69) is 0 Å². The van der Waals surface area contributed by atoms with Gasteiger partial charge < -0.3 is 10.2 Å². The van der Waals surface area contributed by atoms with Crippen LogP contribution in [-0.2, 0) is 9.59 Å². The van der Waals surface area contributed by atoms with Gasteiger partial charge in [0.25, 0.3) is 0 Å². The summed E-state index contributed by atoms with van der Waals surface area (Å²) in [5.74, 6) is -13.6. The van der Waals surface area contributed by atoms with Crippen LogP contribution in [0.5, 0.6) is 0 Å². The Hall–Kier alpha value is -1.81. The first kappa shape index (κ1) is 16.2.